The van der Waals surface area contributed by atoms with Crippen molar-refractivity contribution in [3.05, 3.63) is 30.1 Å². The van der Waals surface area contributed by atoms with Crippen LogP contribution in [0.15, 0.2) is 24.3 Å². The molecule has 1 aromatic rings. The molecular weight excluding hydrogens is 373 g/mol. The molecule has 1 saturated heterocycles. The first-order chi connectivity index (χ1) is 12.7. The SMILES string of the molecule is CS(=O)(=O)CC(=O)N1CCC(Nc2cccc(F)c2)(C(=O)NC2CC2)CC1. The van der Waals surface area contributed by atoms with Gasteiger partial charge in [-0.05, 0) is 43.9 Å². The van der Waals surface area contributed by atoms with E-state index in [1.54, 1.807) is 12.1 Å². The molecule has 2 amide bonds. The van der Waals surface area contributed by atoms with E-state index in [0.717, 1.165) is 19.1 Å². The summed E-state index contributed by atoms with van der Waals surface area (Å²) in [6, 6.07) is 6.08. The van der Waals surface area contributed by atoms with E-state index < -0.39 is 32.9 Å². The van der Waals surface area contributed by atoms with E-state index in [1.807, 2.05) is 0 Å². The highest BCUT2D eigenvalue weighted by molar-refractivity contribution is 7.91. The smallest absolute Gasteiger partial charge is 0.246 e. The van der Waals surface area contributed by atoms with Crippen molar-refractivity contribution in [3.8, 4) is 0 Å². The van der Waals surface area contributed by atoms with E-state index in [1.165, 1.54) is 17.0 Å². The Balaban J connectivity index is 1.74. The van der Waals surface area contributed by atoms with E-state index in [-0.39, 0.29) is 25.0 Å². The van der Waals surface area contributed by atoms with Gasteiger partial charge in [0.05, 0.1) is 0 Å². The van der Waals surface area contributed by atoms with Crippen molar-refractivity contribution in [1.29, 1.82) is 0 Å². The van der Waals surface area contributed by atoms with Gasteiger partial charge in [-0.3, -0.25) is 9.59 Å². The zero-order valence-corrected chi connectivity index (χ0v) is 16.0. The van der Waals surface area contributed by atoms with Crippen LogP contribution < -0.4 is 10.6 Å². The van der Waals surface area contributed by atoms with E-state index in [2.05, 4.69) is 10.6 Å². The zero-order valence-electron chi connectivity index (χ0n) is 15.2. The lowest BCUT2D eigenvalue weighted by molar-refractivity contribution is -0.134. The normalized spacial score (nSPS) is 19.4. The quantitative estimate of drug-likeness (QED) is 0.744. The van der Waals surface area contributed by atoms with Crippen molar-refractivity contribution >= 4 is 27.3 Å². The van der Waals surface area contributed by atoms with Gasteiger partial charge in [0.2, 0.25) is 11.8 Å². The number of anilines is 1. The van der Waals surface area contributed by atoms with Gasteiger partial charge < -0.3 is 15.5 Å². The van der Waals surface area contributed by atoms with E-state index >= 15 is 0 Å². The fourth-order valence-electron chi connectivity index (χ4n) is 3.26. The van der Waals surface area contributed by atoms with Crippen molar-refractivity contribution in [2.75, 3.05) is 30.4 Å². The summed E-state index contributed by atoms with van der Waals surface area (Å²) in [5.74, 6) is -1.56. The summed E-state index contributed by atoms with van der Waals surface area (Å²) in [7, 11) is -3.41. The van der Waals surface area contributed by atoms with Gasteiger partial charge in [0.15, 0.2) is 9.84 Å². The number of carbonyl (C=O) groups is 2. The maximum absolute atomic E-state index is 13.5. The van der Waals surface area contributed by atoms with Gasteiger partial charge in [0, 0.05) is 31.1 Å². The first-order valence-electron chi connectivity index (χ1n) is 8.97. The number of rotatable bonds is 6. The lowest BCUT2D eigenvalue weighted by Gasteiger charge is -2.41. The molecule has 2 aliphatic rings. The van der Waals surface area contributed by atoms with Crippen molar-refractivity contribution in [2.45, 2.75) is 37.3 Å². The lowest BCUT2D eigenvalue weighted by Crippen LogP contribution is -2.59. The summed E-state index contributed by atoms with van der Waals surface area (Å²) >= 11 is 0. The third-order valence-corrected chi connectivity index (χ3v) is 5.68. The van der Waals surface area contributed by atoms with Crippen molar-refractivity contribution in [2.24, 2.45) is 0 Å². The molecule has 2 fully saturated rings. The van der Waals surface area contributed by atoms with Crippen molar-refractivity contribution in [3.63, 3.8) is 0 Å². The van der Waals surface area contributed by atoms with Crippen LogP contribution in [0.1, 0.15) is 25.7 Å². The zero-order chi connectivity index (χ0) is 19.7. The molecule has 2 N–H and O–H groups in total. The van der Waals surface area contributed by atoms with Gasteiger partial charge in [-0.1, -0.05) is 6.07 Å². The number of piperidine rings is 1. The number of nitrogens with one attached hydrogen (secondary N) is 2. The average molecular weight is 397 g/mol. The summed E-state index contributed by atoms with van der Waals surface area (Å²) in [6.45, 7) is 0.517. The van der Waals surface area contributed by atoms with Crippen LogP contribution in [0, 0.1) is 5.82 Å². The molecule has 9 heteroatoms. The van der Waals surface area contributed by atoms with Gasteiger partial charge in [-0.25, -0.2) is 12.8 Å². The predicted octanol–water partition coefficient (Wildman–Crippen LogP) is 0.922. The van der Waals surface area contributed by atoms with Crippen molar-refractivity contribution < 1.29 is 22.4 Å². The molecule has 1 aliphatic carbocycles. The highest BCUT2D eigenvalue weighted by atomic mass is 32.2. The first kappa shape index (κ1) is 19.6. The van der Waals surface area contributed by atoms with Gasteiger partial charge in [-0.2, -0.15) is 0 Å². The molecule has 0 radical (unpaired) electrons. The van der Waals surface area contributed by atoms with Gasteiger partial charge >= 0.3 is 0 Å². The fourth-order valence-corrected chi connectivity index (χ4v) is 3.89. The molecule has 1 saturated carbocycles. The van der Waals surface area contributed by atoms with Crippen LogP contribution in [-0.4, -0.2) is 61.8 Å². The van der Waals surface area contributed by atoms with Crippen LogP contribution in [0.5, 0.6) is 0 Å². The molecule has 1 aliphatic heterocycles. The number of halogens is 1. The number of benzene rings is 1. The third-order valence-electron chi connectivity index (χ3n) is 4.91. The summed E-state index contributed by atoms with van der Waals surface area (Å²) in [6.07, 6.45) is 3.55. The predicted molar refractivity (Wildman–Crippen MR) is 99.4 cm³/mol. The minimum atomic E-state index is -3.41. The Morgan fingerprint density at radius 2 is 1.93 bits per heavy atom. The molecule has 148 valence electrons. The molecule has 0 spiro atoms. The minimum absolute atomic E-state index is 0.163. The summed E-state index contributed by atoms with van der Waals surface area (Å²) in [5.41, 5.74) is -0.463. The summed E-state index contributed by atoms with van der Waals surface area (Å²) < 4.78 is 36.3. The van der Waals surface area contributed by atoms with Crippen LogP contribution in [-0.2, 0) is 19.4 Å². The first-order valence-corrected chi connectivity index (χ1v) is 11.0. The number of nitrogens with zero attached hydrogens (tertiary/aromatic N) is 1. The third kappa shape index (κ3) is 5.18. The largest absolute Gasteiger partial charge is 0.371 e. The second-order valence-corrected chi connectivity index (χ2v) is 9.56. The molecule has 3 rings (SSSR count). The Hall–Kier alpha value is -2.16. The Labute approximate surface area is 158 Å². The molecule has 0 bridgehead atoms. The van der Waals surface area contributed by atoms with E-state index in [9.17, 15) is 22.4 Å². The molecule has 1 aromatic carbocycles. The molecule has 27 heavy (non-hydrogen) atoms. The summed E-state index contributed by atoms with van der Waals surface area (Å²) in [4.78, 5) is 26.5. The van der Waals surface area contributed by atoms with Crippen LogP contribution in [0.25, 0.3) is 0 Å². The minimum Gasteiger partial charge on any atom is -0.371 e. The Morgan fingerprint density at radius 3 is 2.48 bits per heavy atom. The number of hydrogen-bond donors (Lipinski definition) is 2. The lowest BCUT2D eigenvalue weighted by atomic mass is 9.85. The number of likely N-dealkylation sites (tertiary alicyclic amines) is 1. The highest BCUT2D eigenvalue weighted by Crippen LogP contribution is 2.30. The second-order valence-electron chi connectivity index (χ2n) is 7.42. The van der Waals surface area contributed by atoms with Crippen LogP contribution in [0.4, 0.5) is 10.1 Å². The Morgan fingerprint density at radius 1 is 1.26 bits per heavy atom. The molecule has 7 nitrogen and oxygen atoms in total. The van der Waals surface area contributed by atoms with E-state index in [0.29, 0.717) is 18.5 Å². The number of amides is 2. The average Bonchev–Trinajstić information content (AvgIpc) is 3.38. The highest BCUT2D eigenvalue weighted by Gasteiger charge is 2.44. The number of hydrogen-bond acceptors (Lipinski definition) is 5. The topological polar surface area (TPSA) is 95.6 Å². The molecule has 0 atom stereocenters. The maximum atomic E-state index is 13.5. The van der Waals surface area contributed by atoms with Crippen LogP contribution in [0.2, 0.25) is 0 Å². The van der Waals surface area contributed by atoms with Crippen molar-refractivity contribution in [1.82, 2.24) is 10.2 Å². The van der Waals surface area contributed by atoms with Crippen LogP contribution >= 0.6 is 0 Å². The monoisotopic (exact) mass is 397 g/mol. The molecular formula is C18H24FN3O4S. The molecule has 1 heterocycles. The summed E-state index contributed by atoms with van der Waals surface area (Å²) in [5, 5.41) is 6.15. The fraction of sp³-hybridized carbons (Fsp3) is 0.556. The van der Waals surface area contributed by atoms with Gasteiger partial charge in [0.25, 0.3) is 0 Å². The molecule has 0 unspecified atom stereocenters. The molecule has 0 aromatic heterocycles. The number of carbonyl (C=O) groups excluding carboxylic acids is 2. The Kier molecular flexibility index (Phi) is 5.41. The standard InChI is InChI=1S/C18H24FN3O4S/c1-27(25,26)12-16(23)22-9-7-18(8-10-22,17(24)20-14-5-6-14)21-15-4-2-3-13(19)11-15/h2-4,11,14,21H,5-10,12H2,1H3,(H,20,24). The second kappa shape index (κ2) is 7.46. The number of sulfone groups is 1. The van der Waals surface area contributed by atoms with E-state index in [4.69, 9.17) is 0 Å². The van der Waals surface area contributed by atoms with Gasteiger partial charge in [0.1, 0.15) is 17.1 Å². The maximum Gasteiger partial charge on any atom is 0.246 e. The van der Waals surface area contributed by atoms with Gasteiger partial charge in [-0.15, -0.1) is 0 Å². The Bertz CT molecular complexity index is 831. The van der Waals surface area contributed by atoms with Crippen LogP contribution in [0.3, 0.4) is 0 Å².